The lowest BCUT2D eigenvalue weighted by atomic mass is 9.83. The lowest BCUT2D eigenvalue weighted by Gasteiger charge is -2.48. The van der Waals surface area contributed by atoms with Gasteiger partial charge in [-0.2, -0.15) is 0 Å². The van der Waals surface area contributed by atoms with E-state index in [1.165, 1.54) is 0 Å². The second-order valence-corrected chi connectivity index (χ2v) is 11.2. The Morgan fingerprint density at radius 1 is 0.884 bits per heavy atom. The van der Waals surface area contributed by atoms with Gasteiger partial charge in [0.25, 0.3) is 0 Å². The summed E-state index contributed by atoms with van der Waals surface area (Å²) in [6.07, 6.45) is -11.7. The van der Waals surface area contributed by atoms with Crippen LogP contribution in [0.15, 0.2) is 0 Å². The van der Waals surface area contributed by atoms with Gasteiger partial charge in [-0.15, -0.1) is 0 Å². The Morgan fingerprint density at radius 2 is 1.56 bits per heavy atom. The number of ether oxygens (including phenoxy) is 4. The molecule has 1 aliphatic carbocycles. The molecule has 18 N–H and O–H groups in total. The highest BCUT2D eigenvalue weighted by atomic mass is 16.7. The zero-order valence-corrected chi connectivity index (χ0v) is 24.0. The number of amides is 2. The number of aliphatic hydroxyl groups excluding tert-OH is 5. The molecule has 252 valence electrons. The summed E-state index contributed by atoms with van der Waals surface area (Å²) in [6.45, 7) is 0.543. The van der Waals surface area contributed by atoms with E-state index in [1.807, 2.05) is 0 Å². The van der Waals surface area contributed by atoms with E-state index in [-0.39, 0.29) is 25.9 Å². The number of urea groups is 1. The Balaban J connectivity index is 1.79. The van der Waals surface area contributed by atoms with E-state index >= 15 is 0 Å². The molecule has 0 aromatic carbocycles. The highest BCUT2D eigenvalue weighted by molar-refractivity contribution is 5.73. The summed E-state index contributed by atoms with van der Waals surface area (Å²) >= 11 is 0. The topological polar surface area (TPSA) is 333 Å². The number of carbonyl (C=O) groups excluding carboxylic acids is 1. The van der Waals surface area contributed by atoms with Crippen LogP contribution in [0.2, 0.25) is 0 Å². The van der Waals surface area contributed by atoms with E-state index in [2.05, 4.69) is 10.6 Å². The van der Waals surface area contributed by atoms with Crippen molar-refractivity contribution in [3.63, 3.8) is 0 Å². The quantitative estimate of drug-likeness (QED) is 0.0513. The molecule has 2 saturated heterocycles. The predicted molar refractivity (Wildman–Crippen MR) is 148 cm³/mol. The summed E-state index contributed by atoms with van der Waals surface area (Å²) in [4.78, 5) is 12.6. The molecule has 19 heteroatoms. The maximum atomic E-state index is 12.6. The van der Waals surface area contributed by atoms with Crippen LogP contribution >= 0.6 is 0 Å². The van der Waals surface area contributed by atoms with Crippen molar-refractivity contribution in [1.82, 2.24) is 15.7 Å². The van der Waals surface area contributed by atoms with Gasteiger partial charge in [-0.1, -0.05) is 0 Å². The first-order valence-electron chi connectivity index (χ1n) is 14.5. The summed E-state index contributed by atoms with van der Waals surface area (Å²) in [6, 6.07) is -4.98. The first-order valence-corrected chi connectivity index (χ1v) is 14.5. The van der Waals surface area contributed by atoms with Crippen LogP contribution in [0, 0.1) is 0 Å². The second-order valence-electron chi connectivity index (χ2n) is 11.2. The minimum Gasteiger partial charge on any atom is -0.394 e. The van der Waals surface area contributed by atoms with E-state index in [0.717, 1.165) is 6.42 Å². The van der Waals surface area contributed by atoms with Crippen LogP contribution in [-0.4, -0.2) is 167 Å². The third kappa shape index (κ3) is 9.10. The highest BCUT2D eigenvalue weighted by Gasteiger charge is 2.51. The number of nitrogens with one attached hydrogen (secondary N) is 2. The van der Waals surface area contributed by atoms with Crippen molar-refractivity contribution in [2.24, 2.45) is 28.7 Å². The maximum absolute atomic E-state index is 12.6. The Kier molecular flexibility index (Phi) is 14.1. The Bertz CT molecular complexity index is 853. The van der Waals surface area contributed by atoms with Gasteiger partial charge in [-0.3, -0.25) is 5.21 Å². The molecule has 1 saturated carbocycles. The van der Waals surface area contributed by atoms with Crippen LogP contribution in [-0.2, 0) is 18.9 Å². The highest BCUT2D eigenvalue weighted by Crippen LogP contribution is 2.31. The number of hydrogen-bond acceptors (Lipinski definition) is 17. The molecule has 43 heavy (non-hydrogen) atoms. The molecule has 3 fully saturated rings. The molecule has 0 spiro atoms. The Morgan fingerprint density at radius 3 is 2.21 bits per heavy atom. The lowest BCUT2D eigenvalue weighted by Crippen LogP contribution is -2.69. The summed E-state index contributed by atoms with van der Waals surface area (Å²) in [7, 11) is 0. The van der Waals surface area contributed by atoms with Crippen LogP contribution < -0.4 is 39.3 Å². The third-order valence-corrected chi connectivity index (χ3v) is 7.93. The predicted octanol–water partition coefficient (Wildman–Crippen LogP) is -6.92. The first-order chi connectivity index (χ1) is 20.4. The number of aliphatic hydroxyl groups is 5. The van der Waals surface area contributed by atoms with Crippen molar-refractivity contribution < 1.29 is 54.5 Å². The van der Waals surface area contributed by atoms with Crippen LogP contribution in [0.5, 0.6) is 0 Å². The van der Waals surface area contributed by atoms with Crippen molar-refractivity contribution in [3.05, 3.63) is 0 Å². The van der Waals surface area contributed by atoms with E-state index in [9.17, 15) is 35.5 Å². The maximum Gasteiger partial charge on any atom is 0.341 e. The average Bonchev–Trinajstić information content (AvgIpc) is 2.97. The number of nitrogens with zero attached hydrogens (tertiary/aromatic N) is 1. The summed E-state index contributed by atoms with van der Waals surface area (Å²) in [5.41, 5.74) is 29.4. The fraction of sp³-hybridized carbons (Fsp3) is 0.958. The first kappa shape index (κ1) is 36.1. The van der Waals surface area contributed by atoms with E-state index in [0.29, 0.717) is 24.7 Å². The summed E-state index contributed by atoms with van der Waals surface area (Å²) in [5, 5.41) is 68.5. The standard InChI is InChI=1S/C24H50N8O11/c25-2-1-4-30-8-14-13(34)7-11(28)22(40-14)42-20-10(27)6-12(31-24(38)32(39)5-3-26)21(19(20)37)43-23-18(36)16(29)17(35)15(9-33)41-23/h10-23,30,33-37,39H,1-9,25-29H2,(H,31,38)/t10-,11+,12+,13-,14+,15+,16-,17+,18+,19-,20+,21-,22+,23+/m0/s1. The smallest absolute Gasteiger partial charge is 0.341 e. The third-order valence-electron chi connectivity index (χ3n) is 7.93. The van der Waals surface area contributed by atoms with Crippen molar-refractivity contribution in [3.8, 4) is 0 Å². The van der Waals surface area contributed by atoms with Crippen LogP contribution in [0.4, 0.5) is 4.79 Å². The monoisotopic (exact) mass is 626 g/mol. The second kappa shape index (κ2) is 16.8. The molecule has 0 radical (unpaired) electrons. The number of hydroxylamine groups is 2. The lowest BCUT2D eigenvalue weighted by molar-refractivity contribution is -0.315. The summed E-state index contributed by atoms with van der Waals surface area (Å²) < 4.78 is 23.5. The number of nitrogens with two attached hydrogens (primary N) is 5. The number of carbonyl (C=O) groups is 1. The molecular weight excluding hydrogens is 576 g/mol. The fourth-order valence-corrected chi connectivity index (χ4v) is 5.43. The average molecular weight is 627 g/mol. The molecule has 3 aliphatic rings. The molecule has 2 heterocycles. The SMILES string of the molecule is NCCCNC[C@H]1O[C@H](O[C@H]2[C@H](O)[C@@H](O[C@H]3O[C@H](CO)[C@@H](O)[C@H](N)[C@H]3O)[C@H](NC(=O)N(O)CCN)C[C@@H]2N)[C@H](N)C[C@@H]1O. The summed E-state index contributed by atoms with van der Waals surface area (Å²) in [5.74, 6) is 0. The van der Waals surface area contributed by atoms with E-state index in [4.69, 9.17) is 47.6 Å². The molecule has 0 bridgehead atoms. The Labute approximate surface area is 249 Å². The molecule has 0 aromatic rings. The molecule has 3 rings (SSSR count). The van der Waals surface area contributed by atoms with Gasteiger partial charge in [0, 0.05) is 19.1 Å². The number of rotatable bonds is 13. The van der Waals surface area contributed by atoms with Crippen LogP contribution in [0.1, 0.15) is 19.3 Å². The minimum absolute atomic E-state index is 0.0304. The zero-order chi connectivity index (χ0) is 31.8. The van der Waals surface area contributed by atoms with Crippen LogP contribution in [0.25, 0.3) is 0 Å². The largest absolute Gasteiger partial charge is 0.394 e. The number of hydrogen-bond donors (Lipinski definition) is 13. The van der Waals surface area contributed by atoms with E-state index < -0.39 is 98.2 Å². The van der Waals surface area contributed by atoms with Gasteiger partial charge in [0.1, 0.15) is 36.6 Å². The van der Waals surface area contributed by atoms with Crippen molar-refractivity contribution in [2.45, 2.75) is 105 Å². The van der Waals surface area contributed by atoms with Gasteiger partial charge < -0.3 is 83.8 Å². The van der Waals surface area contributed by atoms with Gasteiger partial charge in [0.2, 0.25) is 0 Å². The normalized spacial score (nSPS) is 42.0. The molecule has 2 aliphatic heterocycles. The minimum atomic E-state index is -1.59. The van der Waals surface area contributed by atoms with Gasteiger partial charge in [0.05, 0.1) is 43.5 Å². The van der Waals surface area contributed by atoms with Crippen molar-refractivity contribution >= 4 is 6.03 Å². The molecule has 14 atom stereocenters. The van der Waals surface area contributed by atoms with Gasteiger partial charge in [-0.05, 0) is 32.4 Å². The molecule has 0 aromatic heterocycles. The fourth-order valence-electron chi connectivity index (χ4n) is 5.43. The molecule has 0 unspecified atom stereocenters. The molecule has 19 nitrogen and oxygen atoms in total. The van der Waals surface area contributed by atoms with Crippen molar-refractivity contribution in [1.29, 1.82) is 0 Å². The van der Waals surface area contributed by atoms with Gasteiger partial charge >= 0.3 is 6.03 Å². The van der Waals surface area contributed by atoms with Gasteiger partial charge in [0.15, 0.2) is 12.6 Å². The zero-order valence-electron chi connectivity index (χ0n) is 24.0. The van der Waals surface area contributed by atoms with Gasteiger partial charge in [-0.25, -0.2) is 9.86 Å². The molecule has 2 amide bonds. The molecular formula is C24H50N8O11. The van der Waals surface area contributed by atoms with Crippen molar-refractivity contribution in [2.75, 3.05) is 39.3 Å². The van der Waals surface area contributed by atoms with Crippen LogP contribution in [0.3, 0.4) is 0 Å². The Hall–Kier alpha value is -1.37. The van der Waals surface area contributed by atoms with E-state index in [1.54, 1.807) is 0 Å².